The van der Waals surface area contributed by atoms with E-state index in [2.05, 4.69) is 9.11 Å². The number of aromatic nitrogens is 1. The average molecular weight is 283 g/mol. The van der Waals surface area contributed by atoms with Crippen LogP contribution in [-0.2, 0) is 14.3 Å². The summed E-state index contributed by atoms with van der Waals surface area (Å²) in [5.74, 6) is -0.548. The molecule has 1 unspecified atom stereocenters. The van der Waals surface area contributed by atoms with Crippen LogP contribution in [0, 0.1) is 0 Å². The summed E-state index contributed by atoms with van der Waals surface area (Å²) in [5.41, 5.74) is 0. The third kappa shape index (κ3) is 2.45. The van der Waals surface area contributed by atoms with E-state index in [4.69, 9.17) is 23.2 Å². The average Bonchev–Trinajstić information content (AvgIpc) is 2.61. The van der Waals surface area contributed by atoms with Crippen LogP contribution in [0.15, 0.2) is 0 Å². The van der Waals surface area contributed by atoms with Crippen LogP contribution >= 0.6 is 34.7 Å². The quantitative estimate of drug-likeness (QED) is 0.626. The van der Waals surface area contributed by atoms with Crippen molar-refractivity contribution >= 4 is 52.1 Å². The number of rotatable bonds is 4. The van der Waals surface area contributed by atoms with Crippen molar-refractivity contribution in [2.75, 3.05) is 12.0 Å². The molecular formula is C8H8Cl2N2O3S. The number of anilines is 1. The van der Waals surface area contributed by atoms with Crippen LogP contribution in [0.25, 0.3) is 0 Å². The van der Waals surface area contributed by atoms with Crippen LogP contribution in [0.5, 0.6) is 0 Å². The molecule has 5 nitrogen and oxygen atoms in total. The molecule has 0 fully saturated rings. The molecule has 0 aliphatic carbocycles. The lowest BCUT2D eigenvalue weighted by Crippen LogP contribution is -2.38. The fourth-order valence-electron chi connectivity index (χ4n) is 1.01. The number of hydrogen-bond donors (Lipinski definition) is 0. The smallest absolute Gasteiger partial charge is 0.328 e. The minimum absolute atomic E-state index is 0.102. The first-order valence-corrected chi connectivity index (χ1v) is 5.68. The van der Waals surface area contributed by atoms with Gasteiger partial charge in [0, 0.05) is 0 Å². The zero-order valence-corrected chi connectivity index (χ0v) is 10.8. The van der Waals surface area contributed by atoms with Crippen LogP contribution in [0.2, 0.25) is 10.2 Å². The lowest BCUT2D eigenvalue weighted by molar-refractivity contribution is -0.142. The lowest BCUT2D eigenvalue weighted by Gasteiger charge is -2.20. The van der Waals surface area contributed by atoms with Gasteiger partial charge in [0.15, 0.2) is 5.15 Å². The zero-order chi connectivity index (χ0) is 12.3. The van der Waals surface area contributed by atoms with E-state index in [-0.39, 0.29) is 10.2 Å². The number of methoxy groups -OCH3 is 1. The van der Waals surface area contributed by atoms with E-state index in [9.17, 15) is 9.59 Å². The van der Waals surface area contributed by atoms with Gasteiger partial charge >= 0.3 is 5.97 Å². The van der Waals surface area contributed by atoms with Gasteiger partial charge in [-0.15, -0.1) is 0 Å². The summed E-state index contributed by atoms with van der Waals surface area (Å²) in [5, 5.41) is 0.569. The highest BCUT2D eigenvalue weighted by Gasteiger charge is 2.26. The molecule has 1 atom stereocenters. The Kier molecular flexibility index (Phi) is 4.52. The molecule has 1 aromatic rings. The topological polar surface area (TPSA) is 59.5 Å². The summed E-state index contributed by atoms with van der Waals surface area (Å²) in [6.07, 6.45) is 0.483. The van der Waals surface area contributed by atoms with Gasteiger partial charge in [-0.05, 0) is 18.5 Å². The first-order chi connectivity index (χ1) is 7.52. The highest BCUT2D eigenvalue weighted by atomic mass is 35.5. The number of carbonyl (C=O) groups excluding carboxylic acids is 2. The van der Waals surface area contributed by atoms with Gasteiger partial charge in [-0.3, -0.25) is 9.69 Å². The summed E-state index contributed by atoms with van der Waals surface area (Å²) in [4.78, 5) is 23.3. The van der Waals surface area contributed by atoms with E-state index in [1.54, 1.807) is 0 Å². The first-order valence-electron chi connectivity index (χ1n) is 4.15. The molecule has 1 amide bonds. The summed E-state index contributed by atoms with van der Waals surface area (Å²) < 4.78 is 8.31. The molecule has 0 saturated heterocycles. The Bertz CT molecular complexity index is 410. The van der Waals surface area contributed by atoms with Crippen molar-refractivity contribution in [1.82, 2.24) is 4.37 Å². The van der Waals surface area contributed by atoms with Gasteiger partial charge in [-0.2, -0.15) is 4.37 Å². The van der Waals surface area contributed by atoms with Crippen LogP contribution in [0.1, 0.15) is 6.92 Å². The summed E-state index contributed by atoms with van der Waals surface area (Å²) in [6.45, 7) is 1.52. The summed E-state index contributed by atoms with van der Waals surface area (Å²) >= 11 is 12.4. The van der Waals surface area contributed by atoms with Crippen LogP contribution in [0.4, 0.5) is 5.00 Å². The van der Waals surface area contributed by atoms with Gasteiger partial charge in [0.1, 0.15) is 16.1 Å². The van der Waals surface area contributed by atoms with E-state index in [0.29, 0.717) is 11.4 Å². The molecule has 0 aliphatic heterocycles. The molecule has 0 bridgehead atoms. The number of hydrogen-bond acceptors (Lipinski definition) is 5. The fraction of sp³-hybridized carbons (Fsp3) is 0.375. The Balaban J connectivity index is 3.03. The predicted octanol–water partition coefficient (Wildman–Crippen LogP) is 1.97. The van der Waals surface area contributed by atoms with Crippen molar-refractivity contribution in [2.24, 2.45) is 0 Å². The molecule has 0 aliphatic rings. The maximum absolute atomic E-state index is 11.3. The van der Waals surface area contributed by atoms with Crippen LogP contribution in [0.3, 0.4) is 0 Å². The Hall–Kier alpha value is -0.850. The fourth-order valence-corrected chi connectivity index (χ4v) is 2.28. The molecule has 0 radical (unpaired) electrons. The minimum atomic E-state index is -0.781. The van der Waals surface area contributed by atoms with Crippen molar-refractivity contribution in [3.05, 3.63) is 10.2 Å². The van der Waals surface area contributed by atoms with Crippen molar-refractivity contribution < 1.29 is 14.3 Å². The van der Waals surface area contributed by atoms with E-state index >= 15 is 0 Å². The molecule has 0 spiro atoms. The number of esters is 1. The molecule has 0 N–H and O–H groups in total. The predicted molar refractivity (Wildman–Crippen MR) is 62.2 cm³/mol. The molecule has 88 valence electrons. The van der Waals surface area contributed by atoms with E-state index in [0.717, 1.165) is 16.4 Å². The van der Waals surface area contributed by atoms with Gasteiger partial charge in [-0.25, -0.2) is 4.79 Å². The largest absolute Gasteiger partial charge is 0.467 e. The maximum Gasteiger partial charge on any atom is 0.328 e. The van der Waals surface area contributed by atoms with Crippen LogP contribution in [-0.4, -0.2) is 29.9 Å². The second-order valence-electron chi connectivity index (χ2n) is 2.80. The Labute approximate surface area is 106 Å². The molecule has 1 aromatic heterocycles. The lowest BCUT2D eigenvalue weighted by atomic mass is 10.3. The van der Waals surface area contributed by atoms with Gasteiger partial charge in [0.2, 0.25) is 6.41 Å². The third-order valence-corrected chi connectivity index (χ3v) is 3.69. The molecule has 0 saturated carbocycles. The van der Waals surface area contributed by atoms with Crippen molar-refractivity contribution in [3.63, 3.8) is 0 Å². The number of halogens is 2. The van der Waals surface area contributed by atoms with Crippen molar-refractivity contribution in [1.29, 1.82) is 0 Å². The maximum atomic E-state index is 11.3. The summed E-state index contributed by atoms with van der Waals surface area (Å²) in [6, 6.07) is -0.781. The number of amides is 1. The molecule has 1 rings (SSSR count). The second-order valence-corrected chi connectivity index (χ2v) is 4.29. The van der Waals surface area contributed by atoms with Gasteiger partial charge in [0.05, 0.1) is 7.11 Å². The standard InChI is InChI=1S/C8H8Cl2N2O3S/c1-4(8(14)15-2)12(3-13)7-5(9)6(10)11-16-7/h3-4H,1-2H3. The number of nitrogens with zero attached hydrogens (tertiary/aromatic N) is 2. The third-order valence-electron chi connectivity index (χ3n) is 1.89. The Morgan fingerprint density at radius 2 is 2.25 bits per heavy atom. The first kappa shape index (κ1) is 13.2. The Morgan fingerprint density at radius 1 is 1.62 bits per heavy atom. The van der Waals surface area contributed by atoms with E-state index < -0.39 is 12.0 Å². The highest BCUT2D eigenvalue weighted by molar-refractivity contribution is 7.11. The van der Waals surface area contributed by atoms with E-state index in [1.807, 2.05) is 0 Å². The van der Waals surface area contributed by atoms with Crippen molar-refractivity contribution in [3.8, 4) is 0 Å². The number of carbonyl (C=O) groups is 2. The van der Waals surface area contributed by atoms with E-state index in [1.165, 1.54) is 14.0 Å². The molecule has 0 aromatic carbocycles. The Morgan fingerprint density at radius 3 is 2.62 bits per heavy atom. The molecule has 1 heterocycles. The normalized spacial score (nSPS) is 12.0. The number of ether oxygens (including phenoxy) is 1. The van der Waals surface area contributed by atoms with Gasteiger partial charge in [0.25, 0.3) is 0 Å². The molecular weight excluding hydrogens is 275 g/mol. The minimum Gasteiger partial charge on any atom is -0.467 e. The van der Waals surface area contributed by atoms with Gasteiger partial charge < -0.3 is 4.74 Å². The monoisotopic (exact) mass is 282 g/mol. The highest BCUT2D eigenvalue weighted by Crippen LogP contribution is 2.36. The molecule has 8 heteroatoms. The molecule has 16 heavy (non-hydrogen) atoms. The van der Waals surface area contributed by atoms with Gasteiger partial charge in [-0.1, -0.05) is 23.2 Å². The SMILES string of the molecule is COC(=O)C(C)N(C=O)c1snc(Cl)c1Cl. The van der Waals surface area contributed by atoms with Crippen molar-refractivity contribution in [2.45, 2.75) is 13.0 Å². The second kappa shape index (κ2) is 5.47. The zero-order valence-electron chi connectivity index (χ0n) is 8.44. The van der Waals surface area contributed by atoms with Crippen LogP contribution < -0.4 is 4.90 Å². The summed E-state index contributed by atoms with van der Waals surface area (Å²) in [7, 11) is 1.24.